The zero-order valence-corrected chi connectivity index (χ0v) is 11.3. The number of nitrogens with one attached hydrogen (secondary N) is 1. The predicted octanol–water partition coefficient (Wildman–Crippen LogP) is 3.72. The summed E-state index contributed by atoms with van der Waals surface area (Å²) >= 11 is 5.26. The standard InChI is InChI=1S/C13H14F2N2OS/c1-18-10-4-2-3-9(10)17-12-8(16-13(17)19)6-5-7(14)11(12)15/h5-6,9-10H,2-4H2,1H3,(H,16,19). The van der Waals surface area contributed by atoms with E-state index >= 15 is 0 Å². The van der Waals surface area contributed by atoms with E-state index < -0.39 is 11.6 Å². The maximum absolute atomic E-state index is 14.1. The van der Waals surface area contributed by atoms with Crippen molar-refractivity contribution in [1.29, 1.82) is 0 Å². The van der Waals surface area contributed by atoms with Gasteiger partial charge in [0.2, 0.25) is 0 Å². The number of methoxy groups -OCH3 is 1. The average molecular weight is 284 g/mol. The van der Waals surface area contributed by atoms with E-state index in [1.807, 2.05) is 0 Å². The van der Waals surface area contributed by atoms with Gasteiger partial charge in [0.15, 0.2) is 16.4 Å². The van der Waals surface area contributed by atoms with Crippen molar-refractivity contribution in [1.82, 2.24) is 9.55 Å². The molecule has 0 aliphatic heterocycles. The zero-order valence-electron chi connectivity index (χ0n) is 10.5. The molecule has 1 aromatic carbocycles. The van der Waals surface area contributed by atoms with E-state index in [2.05, 4.69) is 4.98 Å². The van der Waals surface area contributed by atoms with Crippen LogP contribution in [0.1, 0.15) is 25.3 Å². The van der Waals surface area contributed by atoms with E-state index in [1.165, 1.54) is 6.07 Å². The van der Waals surface area contributed by atoms with E-state index in [0.29, 0.717) is 10.3 Å². The van der Waals surface area contributed by atoms with Crippen molar-refractivity contribution in [3.8, 4) is 0 Å². The molecule has 2 unspecified atom stereocenters. The number of aromatic nitrogens is 2. The number of fused-ring (bicyclic) bond motifs is 1. The average Bonchev–Trinajstić information content (AvgIpc) is 2.97. The maximum atomic E-state index is 14.1. The van der Waals surface area contributed by atoms with E-state index in [0.717, 1.165) is 25.3 Å². The van der Waals surface area contributed by atoms with Gasteiger partial charge in [0.05, 0.1) is 17.7 Å². The normalized spacial score (nSPS) is 23.3. The molecule has 1 heterocycles. The van der Waals surface area contributed by atoms with Crippen LogP contribution in [0.2, 0.25) is 0 Å². The Kier molecular flexibility index (Phi) is 3.14. The van der Waals surface area contributed by atoms with Gasteiger partial charge in [-0.3, -0.25) is 0 Å². The summed E-state index contributed by atoms with van der Waals surface area (Å²) in [6.07, 6.45) is 2.75. The lowest BCUT2D eigenvalue weighted by Crippen LogP contribution is -2.21. The van der Waals surface area contributed by atoms with E-state index in [4.69, 9.17) is 17.0 Å². The zero-order chi connectivity index (χ0) is 13.6. The molecule has 3 rings (SSSR count). The van der Waals surface area contributed by atoms with Crippen molar-refractivity contribution in [3.05, 3.63) is 28.5 Å². The minimum absolute atomic E-state index is 0.00614. The highest BCUT2D eigenvalue weighted by Crippen LogP contribution is 2.35. The van der Waals surface area contributed by atoms with Gasteiger partial charge in [0, 0.05) is 7.11 Å². The van der Waals surface area contributed by atoms with E-state index in [-0.39, 0.29) is 17.7 Å². The maximum Gasteiger partial charge on any atom is 0.184 e. The van der Waals surface area contributed by atoms with Gasteiger partial charge in [-0.2, -0.15) is 0 Å². The van der Waals surface area contributed by atoms with Crippen LogP contribution in [0.15, 0.2) is 12.1 Å². The number of H-pyrrole nitrogens is 1. The molecule has 1 fully saturated rings. The molecule has 2 atom stereocenters. The van der Waals surface area contributed by atoms with Gasteiger partial charge in [-0.05, 0) is 43.6 Å². The van der Waals surface area contributed by atoms with E-state index in [9.17, 15) is 8.78 Å². The Morgan fingerprint density at radius 1 is 1.37 bits per heavy atom. The van der Waals surface area contributed by atoms with Crippen LogP contribution in [0, 0.1) is 16.4 Å². The van der Waals surface area contributed by atoms with Crippen molar-refractivity contribution < 1.29 is 13.5 Å². The van der Waals surface area contributed by atoms with Crippen LogP contribution in [-0.2, 0) is 4.74 Å². The van der Waals surface area contributed by atoms with Gasteiger partial charge < -0.3 is 14.3 Å². The fourth-order valence-electron chi connectivity index (χ4n) is 2.95. The van der Waals surface area contributed by atoms with Gasteiger partial charge in [-0.25, -0.2) is 8.78 Å². The Bertz CT molecular complexity index is 679. The molecule has 0 amide bonds. The van der Waals surface area contributed by atoms with Crippen molar-refractivity contribution in [2.45, 2.75) is 31.4 Å². The number of benzene rings is 1. The van der Waals surface area contributed by atoms with E-state index in [1.54, 1.807) is 11.7 Å². The molecule has 19 heavy (non-hydrogen) atoms. The summed E-state index contributed by atoms with van der Waals surface area (Å²) < 4.78 is 35.0. The number of hydrogen-bond acceptors (Lipinski definition) is 2. The molecular formula is C13H14F2N2OS. The molecule has 6 heteroatoms. The summed E-state index contributed by atoms with van der Waals surface area (Å²) in [5, 5.41) is 0. The second kappa shape index (κ2) is 4.68. The molecule has 0 radical (unpaired) electrons. The Balaban J connectivity index is 2.25. The highest BCUT2D eigenvalue weighted by molar-refractivity contribution is 7.71. The monoisotopic (exact) mass is 284 g/mol. The predicted molar refractivity (Wildman–Crippen MR) is 70.7 cm³/mol. The number of imidazole rings is 1. The summed E-state index contributed by atoms with van der Waals surface area (Å²) in [6.45, 7) is 0. The van der Waals surface area contributed by atoms with Crippen LogP contribution in [-0.4, -0.2) is 22.8 Å². The molecule has 3 nitrogen and oxygen atoms in total. The Hall–Kier alpha value is -1.27. The lowest BCUT2D eigenvalue weighted by molar-refractivity contribution is 0.0756. The SMILES string of the molecule is COC1CCCC1n1c(=S)[nH]c2ccc(F)c(F)c21. The highest BCUT2D eigenvalue weighted by atomic mass is 32.1. The van der Waals surface area contributed by atoms with Crippen molar-refractivity contribution in [3.63, 3.8) is 0 Å². The van der Waals surface area contributed by atoms with Crippen LogP contribution in [0.25, 0.3) is 11.0 Å². The molecule has 1 aromatic heterocycles. The number of aromatic amines is 1. The van der Waals surface area contributed by atoms with Gasteiger partial charge >= 0.3 is 0 Å². The number of ether oxygens (including phenoxy) is 1. The van der Waals surface area contributed by atoms with Crippen LogP contribution in [0.5, 0.6) is 0 Å². The molecule has 0 spiro atoms. The molecule has 1 aliphatic rings. The molecular weight excluding hydrogens is 270 g/mol. The quantitative estimate of drug-likeness (QED) is 0.852. The van der Waals surface area contributed by atoms with Crippen LogP contribution < -0.4 is 0 Å². The minimum Gasteiger partial charge on any atom is -0.379 e. The summed E-state index contributed by atoms with van der Waals surface area (Å²) in [6, 6.07) is 2.58. The molecule has 1 saturated carbocycles. The Morgan fingerprint density at radius 3 is 2.89 bits per heavy atom. The number of rotatable bonds is 2. The van der Waals surface area contributed by atoms with Crippen LogP contribution in [0.4, 0.5) is 8.78 Å². The smallest absolute Gasteiger partial charge is 0.184 e. The van der Waals surface area contributed by atoms with Gasteiger partial charge in [-0.15, -0.1) is 0 Å². The summed E-state index contributed by atoms with van der Waals surface area (Å²) in [5.74, 6) is -1.71. The lowest BCUT2D eigenvalue weighted by atomic mass is 10.2. The molecule has 1 N–H and O–H groups in total. The second-order valence-electron chi connectivity index (χ2n) is 4.83. The number of nitrogens with zero attached hydrogens (tertiary/aromatic N) is 1. The largest absolute Gasteiger partial charge is 0.379 e. The third kappa shape index (κ3) is 1.90. The fourth-order valence-corrected chi connectivity index (χ4v) is 3.28. The molecule has 1 aliphatic carbocycles. The van der Waals surface area contributed by atoms with Crippen molar-refractivity contribution >= 4 is 23.3 Å². The molecule has 0 saturated heterocycles. The third-order valence-corrected chi connectivity index (χ3v) is 4.12. The van der Waals surface area contributed by atoms with Gasteiger partial charge in [0.1, 0.15) is 5.52 Å². The molecule has 2 aromatic rings. The first-order valence-electron chi connectivity index (χ1n) is 6.24. The lowest BCUT2D eigenvalue weighted by Gasteiger charge is -2.20. The number of halogens is 2. The topological polar surface area (TPSA) is 29.9 Å². The highest BCUT2D eigenvalue weighted by Gasteiger charge is 2.31. The summed E-state index contributed by atoms with van der Waals surface area (Å²) in [5.41, 5.74) is 0.726. The third-order valence-electron chi connectivity index (χ3n) is 3.82. The summed E-state index contributed by atoms with van der Waals surface area (Å²) in [4.78, 5) is 2.93. The molecule has 0 bridgehead atoms. The van der Waals surface area contributed by atoms with Gasteiger partial charge in [-0.1, -0.05) is 0 Å². The first-order valence-corrected chi connectivity index (χ1v) is 6.65. The number of hydrogen-bond donors (Lipinski definition) is 1. The first kappa shape index (κ1) is 12.7. The Labute approximate surface area is 114 Å². The van der Waals surface area contributed by atoms with Crippen molar-refractivity contribution in [2.75, 3.05) is 7.11 Å². The Morgan fingerprint density at radius 2 is 2.16 bits per heavy atom. The summed E-state index contributed by atoms with van der Waals surface area (Å²) in [7, 11) is 1.64. The fraction of sp³-hybridized carbons (Fsp3) is 0.462. The van der Waals surface area contributed by atoms with Crippen LogP contribution in [0.3, 0.4) is 0 Å². The van der Waals surface area contributed by atoms with Crippen molar-refractivity contribution in [2.24, 2.45) is 0 Å². The van der Waals surface area contributed by atoms with Crippen LogP contribution >= 0.6 is 12.2 Å². The first-order chi connectivity index (χ1) is 9.13. The van der Waals surface area contributed by atoms with Gasteiger partial charge in [0.25, 0.3) is 0 Å². The second-order valence-corrected chi connectivity index (χ2v) is 5.22. The minimum atomic E-state index is -0.859. The molecule has 102 valence electrons.